The van der Waals surface area contributed by atoms with E-state index in [-0.39, 0.29) is 6.03 Å². The highest BCUT2D eigenvalue weighted by molar-refractivity contribution is 7.99. The van der Waals surface area contributed by atoms with Crippen molar-refractivity contribution in [2.24, 2.45) is 0 Å². The molecule has 0 radical (unpaired) electrons. The van der Waals surface area contributed by atoms with Gasteiger partial charge in [-0.25, -0.2) is 4.79 Å². The maximum Gasteiger partial charge on any atom is 0.315 e. The minimum atomic E-state index is -0.0563. The number of hydrogen-bond donors (Lipinski definition) is 2. The Kier molecular flexibility index (Phi) is 6.05. The highest BCUT2D eigenvalue weighted by Crippen LogP contribution is 2.17. The Hall–Kier alpha value is -1.40. The summed E-state index contributed by atoms with van der Waals surface area (Å²) in [7, 11) is 0. The van der Waals surface area contributed by atoms with Gasteiger partial charge in [-0.1, -0.05) is 12.1 Å². The first-order valence-electron chi connectivity index (χ1n) is 8.35. The van der Waals surface area contributed by atoms with Gasteiger partial charge in [-0.3, -0.25) is 0 Å². The van der Waals surface area contributed by atoms with Gasteiger partial charge in [0.05, 0.1) is 13.2 Å². The van der Waals surface area contributed by atoms with E-state index in [0.29, 0.717) is 12.6 Å². The van der Waals surface area contributed by atoms with E-state index in [9.17, 15) is 4.79 Å². The van der Waals surface area contributed by atoms with E-state index in [4.69, 9.17) is 4.74 Å². The lowest BCUT2D eigenvalue weighted by Gasteiger charge is -2.29. The van der Waals surface area contributed by atoms with Crippen molar-refractivity contribution in [3.63, 3.8) is 0 Å². The van der Waals surface area contributed by atoms with Crippen LogP contribution in [-0.4, -0.2) is 49.9 Å². The van der Waals surface area contributed by atoms with E-state index < -0.39 is 0 Å². The van der Waals surface area contributed by atoms with Crippen LogP contribution in [0.2, 0.25) is 0 Å². The van der Waals surface area contributed by atoms with Crippen LogP contribution >= 0.6 is 11.8 Å². The Morgan fingerprint density at radius 2 is 1.87 bits per heavy atom. The van der Waals surface area contributed by atoms with Crippen molar-refractivity contribution in [3.8, 4) is 0 Å². The molecule has 0 spiro atoms. The fourth-order valence-corrected chi connectivity index (χ4v) is 4.01. The molecule has 2 N–H and O–H groups in total. The van der Waals surface area contributed by atoms with Crippen molar-refractivity contribution in [2.75, 3.05) is 42.7 Å². The number of benzene rings is 1. The molecule has 23 heavy (non-hydrogen) atoms. The van der Waals surface area contributed by atoms with Crippen molar-refractivity contribution < 1.29 is 9.53 Å². The number of anilines is 1. The fourth-order valence-electron chi connectivity index (χ4n) is 2.91. The topological polar surface area (TPSA) is 53.6 Å². The highest BCUT2D eigenvalue weighted by Gasteiger charge is 2.15. The molecule has 0 bridgehead atoms. The molecular formula is C17H25N3O2S. The smallest absolute Gasteiger partial charge is 0.315 e. The zero-order valence-electron chi connectivity index (χ0n) is 13.4. The zero-order valence-corrected chi connectivity index (χ0v) is 14.2. The largest absolute Gasteiger partial charge is 0.378 e. The number of thioether (sulfide) groups is 1. The quantitative estimate of drug-likeness (QED) is 0.886. The number of rotatable bonds is 4. The van der Waals surface area contributed by atoms with E-state index >= 15 is 0 Å². The van der Waals surface area contributed by atoms with Gasteiger partial charge >= 0.3 is 6.03 Å². The van der Waals surface area contributed by atoms with Gasteiger partial charge in [-0.05, 0) is 42.0 Å². The Bertz CT molecular complexity index is 497. The molecule has 126 valence electrons. The summed E-state index contributed by atoms with van der Waals surface area (Å²) >= 11 is 1.97. The maximum absolute atomic E-state index is 11.9. The molecule has 2 aliphatic heterocycles. The van der Waals surface area contributed by atoms with Gasteiger partial charge in [0.15, 0.2) is 0 Å². The molecule has 0 aliphatic carbocycles. The summed E-state index contributed by atoms with van der Waals surface area (Å²) in [6.45, 7) is 4.04. The summed E-state index contributed by atoms with van der Waals surface area (Å²) in [6.07, 6.45) is 2.15. The molecule has 0 saturated carbocycles. The summed E-state index contributed by atoms with van der Waals surface area (Å²) in [6, 6.07) is 8.70. The predicted octanol–water partition coefficient (Wildman–Crippen LogP) is 2.22. The van der Waals surface area contributed by atoms with Gasteiger partial charge in [0.25, 0.3) is 0 Å². The normalized spacial score (nSPS) is 19.4. The van der Waals surface area contributed by atoms with Crippen LogP contribution in [0.3, 0.4) is 0 Å². The molecule has 2 fully saturated rings. The van der Waals surface area contributed by atoms with Gasteiger partial charge in [0.2, 0.25) is 0 Å². The fraction of sp³-hybridized carbons (Fsp3) is 0.588. The second-order valence-electron chi connectivity index (χ2n) is 5.98. The number of urea groups is 1. The summed E-state index contributed by atoms with van der Waals surface area (Å²) in [4.78, 5) is 14.3. The Morgan fingerprint density at radius 1 is 1.17 bits per heavy atom. The van der Waals surface area contributed by atoms with Crippen molar-refractivity contribution >= 4 is 23.5 Å². The predicted molar refractivity (Wildman–Crippen MR) is 95.2 cm³/mol. The van der Waals surface area contributed by atoms with E-state index in [1.54, 1.807) is 0 Å². The third-order valence-electron chi connectivity index (χ3n) is 4.32. The van der Waals surface area contributed by atoms with Crippen LogP contribution in [0.1, 0.15) is 18.4 Å². The lowest BCUT2D eigenvalue weighted by Crippen LogP contribution is -2.43. The first-order chi connectivity index (χ1) is 11.3. The van der Waals surface area contributed by atoms with Gasteiger partial charge in [-0.15, -0.1) is 0 Å². The number of morpholine rings is 1. The molecule has 0 aromatic heterocycles. The van der Waals surface area contributed by atoms with E-state index in [1.807, 2.05) is 11.8 Å². The average molecular weight is 335 g/mol. The van der Waals surface area contributed by atoms with E-state index in [1.165, 1.54) is 5.69 Å². The van der Waals surface area contributed by atoms with Crippen LogP contribution in [0.5, 0.6) is 0 Å². The first-order valence-corrected chi connectivity index (χ1v) is 9.50. The van der Waals surface area contributed by atoms with E-state index in [0.717, 1.165) is 56.2 Å². The lowest BCUT2D eigenvalue weighted by atomic mass is 10.1. The molecule has 0 unspecified atom stereocenters. The van der Waals surface area contributed by atoms with Crippen LogP contribution < -0.4 is 15.5 Å². The summed E-state index contributed by atoms with van der Waals surface area (Å²) < 4.78 is 5.37. The monoisotopic (exact) mass is 335 g/mol. The molecule has 2 aliphatic rings. The lowest BCUT2D eigenvalue weighted by molar-refractivity contribution is 0.122. The number of hydrogen-bond acceptors (Lipinski definition) is 4. The summed E-state index contributed by atoms with van der Waals surface area (Å²) in [5.74, 6) is 2.29. The molecule has 2 saturated heterocycles. The van der Waals surface area contributed by atoms with Crippen LogP contribution in [0, 0.1) is 0 Å². The molecule has 2 amide bonds. The standard InChI is InChI=1S/C17H25N3O2S/c21-17(19-15-5-11-23-12-6-15)18-13-14-1-3-16(4-2-14)20-7-9-22-10-8-20/h1-4,15H,5-13H2,(H2,18,19,21). The van der Waals surface area contributed by atoms with Crippen molar-refractivity contribution in [1.82, 2.24) is 10.6 Å². The molecular weight excluding hydrogens is 310 g/mol. The number of carbonyl (C=O) groups excluding carboxylic acids is 1. The summed E-state index contributed by atoms with van der Waals surface area (Å²) in [5.41, 5.74) is 2.34. The highest BCUT2D eigenvalue weighted by atomic mass is 32.2. The van der Waals surface area contributed by atoms with Gasteiger partial charge in [0.1, 0.15) is 0 Å². The number of amides is 2. The number of nitrogens with one attached hydrogen (secondary N) is 2. The molecule has 5 nitrogen and oxygen atoms in total. The molecule has 0 atom stereocenters. The van der Waals surface area contributed by atoms with Crippen LogP contribution in [0.15, 0.2) is 24.3 Å². The van der Waals surface area contributed by atoms with Crippen molar-refractivity contribution in [3.05, 3.63) is 29.8 Å². The minimum absolute atomic E-state index is 0.0563. The Labute approximate surface area is 142 Å². The van der Waals surface area contributed by atoms with Crippen LogP contribution in [0.4, 0.5) is 10.5 Å². The molecule has 1 aromatic carbocycles. The molecule has 3 rings (SSSR count). The first kappa shape index (κ1) is 16.5. The van der Waals surface area contributed by atoms with Gasteiger partial charge in [0, 0.05) is 31.4 Å². The average Bonchev–Trinajstić information content (AvgIpc) is 2.62. The van der Waals surface area contributed by atoms with Crippen molar-refractivity contribution in [1.29, 1.82) is 0 Å². The number of ether oxygens (including phenoxy) is 1. The second-order valence-corrected chi connectivity index (χ2v) is 7.20. The second kappa shape index (κ2) is 8.45. The summed E-state index contributed by atoms with van der Waals surface area (Å²) in [5, 5.41) is 6.02. The Morgan fingerprint density at radius 3 is 2.57 bits per heavy atom. The van der Waals surface area contributed by atoms with Crippen LogP contribution in [-0.2, 0) is 11.3 Å². The number of nitrogens with zero attached hydrogens (tertiary/aromatic N) is 1. The van der Waals surface area contributed by atoms with Gasteiger partial charge < -0.3 is 20.3 Å². The minimum Gasteiger partial charge on any atom is -0.378 e. The molecule has 6 heteroatoms. The molecule has 2 heterocycles. The third-order valence-corrected chi connectivity index (χ3v) is 5.37. The number of carbonyl (C=O) groups is 1. The van der Waals surface area contributed by atoms with Crippen molar-refractivity contribution in [2.45, 2.75) is 25.4 Å². The van der Waals surface area contributed by atoms with Crippen LogP contribution in [0.25, 0.3) is 0 Å². The van der Waals surface area contributed by atoms with Gasteiger partial charge in [-0.2, -0.15) is 11.8 Å². The maximum atomic E-state index is 11.9. The third kappa shape index (κ3) is 5.04. The van der Waals surface area contributed by atoms with E-state index in [2.05, 4.69) is 39.8 Å². The molecule has 1 aromatic rings. The zero-order chi connectivity index (χ0) is 15.9. The Balaban J connectivity index is 1.43. The SMILES string of the molecule is O=C(NCc1ccc(N2CCOCC2)cc1)NC1CCSCC1.